The van der Waals surface area contributed by atoms with Crippen molar-refractivity contribution in [2.24, 2.45) is 0 Å². The molecule has 0 aliphatic rings. The number of methoxy groups -OCH3 is 1. The standard InChI is InChI=1S/C14H11FN4OS/c1-20-13-3-2-9(6-10(13)15)18-14-19-12(8-21-14)11-7-16-4-5-17-11/h2-8H,1H3,(H,18,19). The van der Waals surface area contributed by atoms with Crippen LogP contribution in [-0.2, 0) is 0 Å². The maximum Gasteiger partial charge on any atom is 0.187 e. The second-order valence-corrected chi connectivity index (χ2v) is 4.96. The molecular weight excluding hydrogens is 291 g/mol. The van der Waals surface area contributed by atoms with Gasteiger partial charge in [0.2, 0.25) is 0 Å². The van der Waals surface area contributed by atoms with Crippen molar-refractivity contribution in [3.63, 3.8) is 0 Å². The number of benzene rings is 1. The average Bonchev–Trinajstić information content (AvgIpc) is 2.97. The quantitative estimate of drug-likeness (QED) is 0.799. The minimum Gasteiger partial charge on any atom is -0.494 e. The van der Waals surface area contributed by atoms with E-state index in [9.17, 15) is 4.39 Å². The second kappa shape index (κ2) is 5.84. The van der Waals surface area contributed by atoms with E-state index in [1.165, 1.54) is 24.5 Å². The van der Waals surface area contributed by atoms with Gasteiger partial charge in [0.15, 0.2) is 16.7 Å². The molecule has 0 bridgehead atoms. The van der Waals surface area contributed by atoms with E-state index >= 15 is 0 Å². The summed E-state index contributed by atoms with van der Waals surface area (Å²) in [6, 6.07) is 4.66. The van der Waals surface area contributed by atoms with Gasteiger partial charge in [-0.2, -0.15) is 0 Å². The van der Waals surface area contributed by atoms with Crippen molar-refractivity contribution < 1.29 is 9.13 Å². The third-order valence-corrected chi connectivity index (χ3v) is 3.49. The summed E-state index contributed by atoms with van der Waals surface area (Å²) in [5.41, 5.74) is 2.03. The summed E-state index contributed by atoms with van der Waals surface area (Å²) in [5.74, 6) is -0.215. The summed E-state index contributed by atoms with van der Waals surface area (Å²) in [5, 5.41) is 5.57. The largest absolute Gasteiger partial charge is 0.494 e. The molecule has 0 atom stereocenters. The normalized spacial score (nSPS) is 10.4. The van der Waals surface area contributed by atoms with E-state index in [0.29, 0.717) is 16.5 Å². The van der Waals surface area contributed by atoms with Gasteiger partial charge in [-0.05, 0) is 12.1 Å². The minimum atomic E-state index is -0.423. The van der Waals surface area contributed by atoms with E-state index in [4.69, 9.17) is 4.74 Å². The van der Waals surface area contributed by atoms with Crippen LogP contribution in [0.1, 0.15) is 0 Å². The monoisotopic (exact) mass is 302 g/mol. The predicted octanol–water partition coefficient (Wildman–Crippen LogP) is 3.49. The summed E-state index contributed by atoms with van der Waals surface area (Å²) in [7, 11) is 1.43. The maximum atomic E-state index is 13.6. The van der Waals surface area contributed by atoms with E-state index in [0.717, 1.165) is 5.69 Å². The van der Waals surface area contributed by atoms with Gasteiger partial charge in [-0.1, -0.05) is 0 Å². The molecule has 0 fully saturated rings. The van der Waals surface area contributed by atoms with Gasteiger partial charge in [-0.15, -0.1) is 11.3 Å². The third-order valence-electron chi connectivity index (χ3n) is 2.73. The van der Waals surface area contributed by atoms with Crippen molar-refractivity contribution in [1.29, 1.82) is 0 Å². The first-order valence-corrected chi connectivity index (χ1v) is 6.96. The van der Waals surface area contributed by atoms with Crippen LogP contribution >= 0.6 is 11.3 Å². The van der Waals surface area contributed by atoms with Gasteiger partial charge in [0, 0.05) is 29.5 Å². The first kappa shape index (κ1) is 13.4. The lowest BCUT2D eigenvalue weighted by molar-refractivity contribution is 0.386. The zero-order chi connectivity index (χ0) is 14.7. The van der Waals surface area contributed by atoms with Crippen molar-refractivity contribution in [3.8, 4) is 17.1 Å². The van der Waals surface area contributed by atoms with Crippen LogP contribution in [0.2, 0.25) is 0 Å². The molecule has 0 unspecified atom stereocenters. The Hall–Kier alpha value is -2.54. The van der Waals surface area contributed by atoms with Crippen LogP contribution in [0.3, 0.4) is 0 Å². The average molecular weight is 302 g/mol. The molecule has 0 aliphatic carbocycles. The molecule has 0 saturated carbocycles. The summed E-state index contributed by atoms with van der Waals surface area (Å²) < 4.78 is 18.5. The van der Waals surface area contributed by atoms with Crippen LogP contribution in [-0.4, -0.2) is 22.1 Å². The molecule has 0 aliphatic heterocycles. The Morgan fingerprint density at radius 1 is 1.24 bits per heavy atom. The minimum absolute atomic E-state index is 0.208. The molecule has 2 heterocycles. The topological polar surface area (TPSA) is 59.9 Å². The lowest BCUT2D eigenvalue weighted by Crippen LogP contribution is -1.93. The van der Waals surface area contributed by atoms with E-state index in [1.54, 1.807) is 30.7 Å². The number of nitrogens with zero attached hydrogens (tertiary/aromatic N) is 3. The first-order chi connectivity index (χ1) is 10.3. The molecule has 7 heteroatoms. The van der Waals surface area contributed by atoms with Gasteiger partial charge in [-0.25, -0.2) is 9.37 Å². The Bertz CT molecular complexity index is 748. The number of anilines is 2. The smallest absolute Gasteiger partial charge is 0.187 e. The Kier molecular flexibility index (Phi) is 3.74. The molecule has 0 radical (unpaired) electrons. The second-order valence-electron chi connectivity index (χ2n) is 4.10. The number of thiazole rings is 1. The maximum absolute atomic E-state index is 13.6. The zero-order valence-electron chi connectivity index (χ0n) is 11.1. The lowest BCUT2D eigenvalue weighted by atomic mass is 10.3. The van der Waals surface area contributed by atoms with Crippen LogP contribution in [0.4, 0.5) is 15.2 Å². The number of hydrogen-bond donors (Lipinski definition) is 1. The summed E-state index contributed by atoms with van der Waals surface area (Å²) >= 11 is 1.41. The molecule has 106 valence electrons. The highest BCUT2D eigenvalue weighted by Gasteiger charge is 2.08. The fourth-order valence-corrected chi connectivity index (χ4v) is 2.47. The SMILES string of the molecule is COc1ccc(Nc2nc(-c3cnccn3)cs2)cc1F. The Balaban J connectivity index is 1.80. The highest BCUT2D eigenvalue weighted by Crippen LogP contribution is 2.27. The number of halogens is 1. The van der Waals surface area contributed by atoms with Crippen molar-refractivity contribution in [1.82, 2.24) is 15.0 Å². The van der Waals surface area contributed by atoms with Gasteiger partial charge in [-0.3, -0.25) is 9.97 Å². The Morgan fingerprint density at radius 3 is 2.86 bits per heavy atom. The van der Waals surface area contributed by atoms with Gasteiger partial charge in [0.25, 0.3) is 0 Å². The zero-order valence-corrected chi connectivity index (χ0v) is 11.9. The van der Waals surface area contributed by atoms with Crippen molar-refractivity contribution in [2.45, 2.75) is 0 Å². The molecule has 1 aromatic carbocycles. The van der Waals surface area contributed by atoms with Gasteiger partial charge < -0.3 is 10.1 Å². The first-order valence-electron chi connectivity index (χ1n) is 6.09. The van der Waals surface area contributed by atoms with Crippen molar-refractivity contribution in [2.75, 3.05) is 12.4 Å². The third kappa shape index (κ3) is 2.97. The summed E-state index contributed by atoms with van der Waals surface area (Å²) in [6.07, 6.45) is 4.86. The highest BCUT2D eigenvalue weighted by atomic mass is 32.1. The van der Waals surface area contributed by atoms with E-state index in [2.05, 4.69) is 20.3 Å². The predicted molar refractivity (Wildman–Crippen MR) is 79.4 cm³/mol. The highest BCUT2D eigenvalue weighted by molar-refractivity contribution is 7.14. The molecule has 0 saturated heterocycles. The number of aromatic nitrogens is 3. The van der Waals surface area contributed by atoms with Gasteiger partial charge in [0.05, 0.1) is 13.3 Å². The molecule has 21 heavy (non-hydrogen) atoms. The number of rotatable bonds is 4. The molecule has 5 nitrogen and oxygen atoms in total. The van der Waals surface area contributed by atoms with Crippen LogP contribution in [0.5, 0.6) is 5.75 Å². The number of hydrogen-bond acceptors (Lipinski definition) is 6. The van der Waals surface area contributed by atoms with Crippen LogP contribution in [0.15, 0.2) is 42.2 Å². The van der Waals surface area contributed by atoms with Crippen molar-refractivity contribution in [3.05, 3.63) is 48.0 Å². The van der Waals surface area contributed by atoms with E-state index in [-0.39, 0.29) is 5.75 Å². The Morgan fingerprint density at radius 2 is 2.14 bits per heavy atom. The van der Waals surface area contributed by atoms with Gasteiger partial charge in [0.1, 0.15) is 11.4 Å². The molecule has 3 rings (SSSR count). The fourth-order valence-electron chi connectivity index (χ4n) is 1.75. The van der Waals surface area contributed by atoms with Crippen LogP contribution in [0, 0.1) is 5.82 Å². The van der Waals surface area contributed by atoms with Crippen LogP contribution in [0.25, 0.3) is 11.4 Å². The molecule has 1 N–H and O–H groups in total. The van der Waals surface area contributed by atoms with E-state index < -0.39 is 5.82 Å². The molecular formula is C14H11FN4OS. The fraction of sp³-hybridized carbons (Fsp3) is 0.0714. The lowest BCUT2D eigenvalue weighted by Gasteiger charge is -2.05. The van der Waals surface area contributed by atoms with Crippen molar-refractivity contribution >= 4 is 22.2 Å². The molecule has 0 spiro atoms. The van der Waals surface area contributed by atoms with E-state index in [1.807, 2.05) is 5.38 Å². The summed E-state index contributed by atoms with van der Waals surface area (Å²) in [6.45, 7) is 0. The molecule has 3 aromatic rings. The van der Waals surface area contributed by atoms with Crippen LogP contribution < -0.4 is 10.1 Å². The Labute approximate surface area is 124 Å². The molecule has 0 amide bonds. The van der Waals surface area contributed by atoms with Gasteiger partial charge >= 0.3 is 0 Å². The summed E-state index contributed by atoms with van der Waals surface area (Å²) in [4.78, 5) is 12.6. The number of nitrogens with one attached hydrogen (secondary N) is 1. The molecule has 2 aromatic heterocycles. The number of ether oxygens (including phenoxy) is 1.